The lowest BCUT2D eigenvalue weighted by atomic mass is 10.00. The zero-order chi connectivity index (χ0) is 11.9. The first-order chi connectivity index (χ1) is 7.41. The van der Waals surface area contributed by atoms with Crippen LogP contribution in [0.25, 0.3) is 0 Å². The predicted molar refractivity (Wildman–Crippen MR) is 51.1 cm³/mol. The van der Waals surface area contributed by atoms with E-state index in [4.69, 9.17) is 5.73 Å². The quantitative estimate of drug-likeness (QED) is 0.779. The summed E-state index contributed by atoms with van der Waals surface area (Å²) in [6.45, 7) is 0. The zero-order valence-corrected chi connectivity index (χ0v) is 8.39. The van der Waals surface area contributed by atoms with E-state index in [1.165, 1.54) is 12.1 Å². The highest BCUT2D eigenvalue weighted by Gasteiger charge is 2.37. The summed E-state index contributed by atoms with van der Waals surface area (Å²) in [4.78, 5) is 0. The molecule has 1 fully saturated rings. The van der Waals surface area contributed by atoms with Gasteiger partial charge in [0.1, 0.15) is 5.82 Å². The Bertz CT molecular complexity index is 395. The average Bonchev–Trinajstić information content (AvgIpc) is 2.98. The van der Waals surface area contributed by atoms with Crippen LogP contribution in [0, 0.1) is 11.7 Å². The van der Waals surface area contributed by atoms with Gasteiger partial charge in [0.25, 0.3) is 0 Å². The number of hydrogen-bond acceptors (Lipinski definition) is 1. The molecule has 0 saturated heterocycles. The molecule has 0 spiro atoms. The normalized spacial score (nSPS) is 18.6. The van der Waals surface area contributed by atoms with Crippen molar-refractivity contribution in [2.75, 3.05) is 0 Å². The lowest BCUT2D eigenvalue weighted by Gasteiger charge is -2.15. The summed E-state index contributed by atoms with van der Waals surface area (Å²) in [6.07, 6.45) is -2.95. The molecule has 0 heterocycles. The Morgan fingerprint density at radius 3 is 2.38 bits per heavy atom. The summed E-state index contributed by atoms with van der Waals surface area (Å²) >= 11 is 0. The Balaban J connectivity index is 2.39. The molecular weight excluding hydrogens is 222 g/mol. The fourth-order valence-corrected chi connectivity index (χ4v) is 1.74. The molecule has 0 aliphatic heterocycles. The third-order valence-electron chi connectivity index (χ3n) is 2.82. The minimum atomic E-state index is -4.66. The molecule has 1 aromatic rings. The van der Waals surface area contributed by atoms with Gasteiger partial charge in [-0.1, -0.05) is 12.1 Å². The zero-order valence-electron chi connectivity index (χ0n) is 8.39. The minimum absolute atomic E-state index is 0.0303. The molecule has 1 aliphatic carbocycles. The largest absolute Gasteiger partial charge is 0.419 e. The van der Waals surface area contributed by atoms with Gasteiger partial charge in [-0.15, -0.1) is 0 Å². The first kappa shape index (κ1) is 11.4. The highest BCUT2D eigenvalue weighted by molar-refractivity contribution is 5.31. The molecule has 0 unspecified atom stereocenters. The summed E-state index contributed by atoms with van der Waals surface area (Å²) in [5.74, 6) is -1.10. The minimum Gasteiger partial charge on any atom is -0.324 e. The van der Waals surface area contributed by atoms with Crippen LogP contribution in [0.4, 0.5) is 17.6 Å². The smallest absolute Gasteiger partial charge is 0.324 e. The Morgan fingerprint density at radius 1 is 1.25 bits per heavy atom. The number of rotatable bonds is 2. The van der Waals surface area contributed by atoms with Crippen molar-refractivity contribution < 1.29 is 17.6 Å². The van der Waals surface area contributed by atoms with Gasteiger partial charge in [0, 0.05) is 11.6 Å². The van der Waals surface area contributed by atoms with Gasteiger partial charge < -0.3 is 5.73 Å². The fourth-order valence-electron chi connectivity index (χ4n) is 1.74. The second-order valence-electron chi connectivity index (χ2n) is 4.07. The summed E-state index contributed by atoms with van der Waals surface area (Å²) in [7, 11) is 0. The van der Waals surface area contributed by atoms with Crippen LogP contribution in [-0.2, 0) is 6.18 Å². The van der Waals surface area contributed by atoms with E-state index in [-0.39, 0.29) is 11.5 Å². The van der Waals surface area contributed by atoms with E-state index in [2.05, 4.69) is 0 Å². The van der Waals surface area contributed by atoms with Crippen molar-refractivity contribution in [1.82, 2.24) is 0 Å². The number of nitrogens with two attached hydrogens (primary N) is 1. The van der Waals surface area contributed by atoms with Gasteiger partial charge in [-0.25, -0.2) is 4.39 Å². The lowest BCUT2D eigenvalue weighted by molar-refractivity contribution is -0.140. The van der Waals surface area contributed by atoms with Crippen LogP contribution in [0.3, 0.4) is 0 Å². The van der Waals surface area contributed by atoms with Crippen LogP contribution in [0.1, 0.15) is 30.0 Å². The van der Waals surface area contributed by atoms with Crippen LogP contribution < -0.4 is 5.73 Å². The maximum Gasteiger partial charge on any atom is 0.419 e. The highest BCUT2D eigenvalue weighted by atomic mass is 19.4. The van der Waals surface area contributed by atoms with Crippen LogP contribution in [0.5, 0.6) is 0 Å². The number of hydrogen-bond donors (Lipinski definition) is 1. The molecule has 1 saturated carbocycles. The molecule has 0 amide bonds. The van der Waals surface area contributed by atoms with Gasteiger partial charge in [-0.2, -0.15) is 13.2 Å². The van der Waals surface area contributed by atoms with E-state index < -0.39 is 23.6 Å². The van der Waals surface area contributed by atoms with Gasteiger partial charge in [0.2, 0.25) is 0 Å². The Labute approximate surface area is 90.3 Å². The Hall–Kier alpha value is -1.10. The van der Waals surface area contributed by atoms with E-state index in [0.29, 0.717) is 0 Å². The fraction of sp³-hybridized carbons (Fsp3) is 0.455. The molecule has 5 heteroatoms. The van der Waals surface area contributed by atoms with E-state index in [9.17, 15) is 17.6 Å². The van der Waals surface area contributed by atoms with Gasteiger partial charge in [-0.3, -0.25) is 0 Å². The SMILES string of the molecule is N[C@H](c1cccc(C(F)(F)F)c1F)C1CC1. The van der Waals surface area contributed by atoms with Gasteiger partial charge >= 0.3 is 6.18 Å². The third kappa shape index (κ3) is 2.04. The third-order valence-corrected chi connectivity index (χ3v) is 2.82. The number of halogens is 4. The molecular formula is C11H11F4N. The maximum atomic E-state index is 13.6. The van der Waals surface area contributed by atoms with Crippen LogP contribution in [0.15, 0.2) is 18.2 Å². The lowest BCUT2D eigenvalue weighted by Crippen LogP contribution is -2.17. The number of alkyl halides is 3. The van der Waals surface area contributed by atoms with Crippen molar-refractivity contribution in [2.24, 2.45) is 11.7 Å². The van der Waals surface area contributed by atoms with Gasteiger partial charge in [-0.05, 0) is 24.8 Å². The molecule has 2 rings (SSSR count). The standard InChI is InChI=1S/C11H11F4N/c12-9-7(10(16)6-4-5-6)2-1-3-8(9)11(13,14)15/h1-3,6,10H,4-5,16H2/t10-/m0/s1. The van der Waals surface area contributed by atoms with Crippen molar-refractivity contribution in [3.8, 4) is 0 Å². The van der Waals surface area contributed by atoms with Crippen LogP contribution >= 0.6 is 0 Å². The van der Waals surface area contributed by atoms with Gasteiger partial charge in [0.15, 0.2) is 0 Å². The van der Waals surface area contributed by atoms with Gasteiger partial charge in [0.05, 0.1) is 5.56 Å². The Morgan fingerprint density at radius 2 is 1.88 bits per heavy atom. The van der Waals surface area contributed by atoms with Crippen molar-refractivity contribution in [1.29, 1.82) is 0 Å². The highest BCUT2D eigenvalue weighted by Crippen LogP contribution is 2.42. The van der Waals surface area contributed by atoms with Crippen molar-refractivity contribution in [3.05, 3.63) is 35.1 Å². The first-order valence-electron chi connectivity index (χ1n) is 5.02. The molecule has 1 atom stereocenters. The topological polar surface area (TPSA) is 26.0 Å². The molecule has 16 heavy (non-hydrogen) atoms. The molecule has 2 N–H and O–H groups in total. The van der Waals surface area contributed by atoms with Crippen LogP contribution in [0.2, 0.25) is 0 Å². The van der Waals surface area contributed by atoms with Crippen molar-refractivity contribution >= 4 is 0 Å². The summed E-state index contributed by atoms with van der Waals surface area (Å²) in [6, 6.07) is 2.64. The molecule has 1 aliphatic rings. The second-order valence-corrected chi connectivity index (χ2v) is 4.07. The summed E-state index contributed by atoms with van der Waals surface area (Å²) in [5, 5.41) is 0. The molecule has 1 aromatic carbocycles. The molecule has 0 aromatic heterocycles. The molecule has 1 nitrogen and oxygen atoms in total. The Kier molecular flexibility index (Phi) is 2.66. The van der Waals surface area contributed by atoms with E-state index in [0.717, 1.165) is 18.9 Å². The summed E-state index contributed by atoms with van der Waals surface area (Å²) in [5.41, 5.74) is 4.44. The van der Waals surface area contributed by atoms with Crippen molar-refractivity contribution in [3.63, 3.8) is 0 Å². The maximum absolute atomic E-state index is 13.6. The monoisotopic (exact) mass is 233 g/mol. The van der Waals surface area contributed by atoms with E-state index in [1.54, 1.807) is 0 Å². The van der Waals surface area contributed by atoms with Crippen molar-refractivity contribution in [2.45, 2.75) is 25.1 Å². The summed E-state index contributed by atoms with van der Waals surface area (Å²) < 4.78 is 50.9. The first-order valence-corrected chi connectivity index (χ1v) is 5.02. The van der Waals surface area contributed by atoms with Crippen LogP contribution in [-0.4, -0.2) is 0 Å². The van der Waals surface area contributed by atoms with E-state index >= 15 is 0 Å². The second kappa shape index (κ2) is 3.73. The molecule has 0 radical (unpaired) electrons. The predicted octanol–water partition coefficient (Wildman–Crippen LogP) is 3.25. The molecule has 88 valence electrons. The average molecular weight is 233 g/mol. The molecule has 0 bridgehead atoms. The van der Waals surface area contributed by atoms with E-state index in [1.807, 2.05) is 0 Å². The number of benzene rings is 1.